The van der Waals surface area contributed by atoms with Crippen molar-refractivity contribution >= 4 is 16.2 Å². The van der Waals surface area contributed by atoms with Gasteiger partial charge in [0.05, 0.1) is 24.6 Å². The molecule has 0 amide bonds. The second-order valence-electron chi connectivity index (χ2n) is 8.47. The van der Waals surface area contributed by atoms with E-state index in [2.05, 4.69) is 33.2 Å². The van der Waals surface area contributed by atoms with Gasteiger partial charge in [-0.1, -0.05) is 36.8 Å². The predicted molar refractivity (Wildman–Crippen MR) is 116 cm³/mol. The van der Waals surface area contributed by atoms with Crippen LogP contribution in [0.2, 0.25) is 0 Å². The predicted octanol–water partition coefficient (Wildman–Crippen LogP) is 2.60. The van der Waals surface area contributed by atoms with Crippen molar-refractivity contribution in [2.45, 2.75) is 36.2 Å². The van der Waals surface area contributed by atoms with Crippen LogP contribution in [0.1, 0.15) is 30.7 Å². The molecule has 0 N–H and O–H groups in total. The summed E-state index contributed by atoms with van der Waals surface area (Å²) in [4.78, 5) is 11.0. The Morgan fingerprint density at radius 3 is 2.57 bits per heavy atom. The van der Waals surface area contributed by atoms with E-state index in [-0.39, 0.29) is 17.0 Å². The second-order valence-corrected chi connectivity index (χ2v) is 10.4. The maximum Gasteiger partial charge on any atom is 0.262 e. The molecule has 7 nitrogen and oxygen atoms in total. The zero-order valence-corrected chi connectivity index (χ0v) is 17.9. The Morgan fingerprint density at radius 1 is 1.10 bits per heavy atom. The molecule has 158 valence electrons. The third-order valence-corrected chi connectivity index (χ3v) is 8.27. The third kappa shape index (κ3) is 3.48. The summed E-state index contributed by atoms with van der Waals surface area (Å²) >= 11 is 0. The molecular weight excluding hydrogens is 398 g/mol. The highest BCUT2D eigenvalue weighted by Crippen LogP contribution is 2.38. The van der Waals surface area contributed by atoms with Crippen LogP contribution in [0.5, 0.6) is 0 Å². The lowest BCUT2D eigenvalue weighted by Gasteiger charge is -2.35. The number of hydrogen-bond acceptors (Lipinski definition) is 5. The van der Waals surface area contributed by atoms with Crippen LogP contribution in [-0.2, 0) is 17.1 Å². The van der Waals surface area contributed by atoms with E-state index < -0.39 is 10.0 Å². The summed E-state index contributed by atoms with van der Waals surface area (Å²) in [5.74, 6) is 0.643. The number of hydrogen-bond donors (Lipinski definition) is 0. The normalized spacial score (nSPS) is 25.4. The molecular formula is C22H27N5O2S. The van der Waals surface area contributed by atoms with Crippen LogP contribution in [0.15, 0.2) is 64.8 Å². The summed E-state index contributed by atoms with van der Waals surface area (Å²) in [5, 5.41) is 0.114. The highest BCUT2D eigenvalue weighted by Gasteiger charge is 2.43. The summed E-state index contributed by atoms with van der Waals surface area (Å²) < 4.78 is 29.8. The average molecular weight is 426 g/mol. The zero-order valence-electron chi connectivity index (χ0n) is 17.1. The van der Waals surface area contributed by atoms with E-state index in [0.717, 1.165) is 5.70 Å². The van der Waals surface area contributed by atoms with Gasteiger partial charge in [0, 0.05) is 50.6 Å². The van der Waals surface area contributed by atoms with Crippen LogP contribution in [0, 0.1) is 5.92 Å². The highest BCUT2D eigenvalue weighted by atomic mass is 32.2. The molecule has 1 aromatic carbocycles. The number of allylic oxidation sites excluding steroid dienone is 1. The van der Waals surface area contributed by atoms with Gasteiger partial charge < -0.3 is 9.47 Å². The summed E-state index contributed by atoms with van der Waals surface area (Å²) in [6.07, 6.45) is 10.9. The fraction of sp³-hybridized carbons (Fsp3) is 0.455. The maximum atomic E-state index is 13.3. The van der Waals surface area contributed by atoms with Crippen LogP contribution in [0.25, 0.3) is 0 Å². The molecule has 0 unspecified atom stereocenters. The van der Waals surface area contributed by atoms with Gasteiger partial charge in [0.1, 0.15) is 0 Å². The third-order valence-electron chi connectivity index (χ3n) is 6.55. The van der Waals surface area contributed by atoms with Gasteiger partial charge in [-0.3, -0.25) is 4.99 Å². The lowest BCUT2D eigenvalue weighted by atomic mass is 9.83. The minimum absolute atomic E-state index is 0.0627. The van der Waals surface area contributed by atoms with Crippen LogP contribution < -0.4 is 0 Å². The van der Waals surface area contributed by atoms with E-state index in [4.69, 9.17) is 0 Å². The summed E-state index contributed by atoms with van der Waals surface area (Å²) in [6.45, 7) is 1.61. The Morgan fingerprint density at radius 2 is 1.90 bits per heavy atom. The van der Waals surface area contributed by atoms with Gasteiger partial charge >= 0.3 is 0 Å². The average Bonchev–Trinajstić information content (AvgIpc) is 3.35. The molecule has 2 aliphatic heterocycles. The molecule has 0 spiro atoms. The summed E-state index contributed by atoms with van der Waals surface area (Å²) in [6, 6.07) is 10.3. The van der Waals surface area contributed by atoms with Gasteiger partial charge in [0.25, 0.3) is 10.0 Å². The standard InChI is InChI=1S/C22H27N5O2S/c1-25-15-22(24-16-25)30(28,29)27-12-19(17-6-3-2-4-7-17)21(14-27)26-11-10-23-20(13-26)18-8-5-9-18/h2-4,6-7,10,13,15-16,18-19,21H,5,8-9,11-12,14H2,1H3/t19-,21+/m1/s1. The Balaban J connectivity index is 1.47. The van der Waals surface area contributed by atoms with Crippen molar-refractivity contribution in [2.24, 2.45) is 18.0 Å². The van der Waals surface area contributed by atoms with Crippen LogP contribution in [0.3, 0.4) is 0 Å². The number of aryl methyl sites for hydroxylation is 1. The molecule has 2 atom stereocenters. The van der Waals surface area contributed by atoms with E-state index >= 15 is 0 Å². The van der Waals surface area contributed by atoms with Crippen LogP contribution in [0.4, 0.5) is 0 Å². The minimum atomic E-state index is -3.63. The lowest BCUT2D eigenvalue weighted by molar-refractivity contribution is 0.282. The molecule has 1 saturated carbocycles. The van der Waals surface area contributed by atoms with Gasteiger partial charge in [0.2, 0.25) is 0 Å². The molecule has 1 aromatic heterocycles. The Labute approximate surface area is 177 Å². The number of sulfonamides is 1. The van der Waals surface area contributed by atoms with E-state index in [1.807, 2.05) is 24.4 Å². The second kappa shape index (κ2) is 7.67. The zero-order chi connectivity index (χ0) is 20.7. The van der Waals surface area contributed by atoms with Crippen molar-refractivity contribution in [1.29, 1.82) is 0 Å². The molecule has 5 rings (SSSR count). The molecule has 8 heteroatoms. The number of aliphatic imine (C=N–C) groups is 1. The van der Waals surface area contributed by atoms with Crippen molar-refractivity contribution in [1.82, 2.24) is 18.8 Å². The van der Waals surface area contributed by atoms with Gasteiger partial charge in [0.15, 0.2) is 5.03 Å². The molecule has 30 heavy (non-hydrogen) atoms. The van der Waals surface area contributed by atoms with E-state index in [1.165, 1.54) is 31.2 Å². The summed E-state index contributed by atoms with van der Waals surface area (Å²) in [7, 11) is -1.85. The highest BCUT2D eigenvalue weighted by molar-refractivity contribution is 7.89. The van der Waals surface area contributed by atoms with Gasteiger partial charge in [-0.05, 0) is 18.4 Å². The van der Waals surface area contributed by atoms with Crippen LogP contribution in [-0.4, -0.2) is 59.1 Å². The van der Waals surface area contributed by atoms with Gasteiger partial charge in [-0.2, -0.15) is 4.31 Å². The number of rotatable bonds is 5. The maximum absolute atomic E-state index is 13.3. The number of imidazole rings is 1. The molecule has 0 radical (unpaired) electrons. The van der Waals surface area contributed by atoms with Crippen molar-refractivity contribution in [3.05, 3.63) is 60.3 Å². The number of nitrogens with zero attached hydrogens (tertiary/aromatic N) is 5. The van der Waals surface area contributed by atoms with E-state index in [1.54, 1.807) is 22.1 Å². The van der Waals surface area contributed by atoms with Gasteiger partial charge in [-0.15, -0.1) is 0 Å². The fourth-order valence-electron chi connectivity index (χ4n) is 4.61. The number of benzene rings is 1. The molecule has 2 aromatic rings. The Kier molecular flexibility index (Phi) is 4.99. The molecule has 0 bridgehead atoms. The first-order chi connectivity index (χ1) is 14.5. The Bertz CT molecular complexity index is 1070. The largest absolute Gasteiger partial charge is 0.366 e. The van der Waals surface area contributed by atoms with Crippen molar-refractivity contribution in [2.75, 3.05) is 19.6 Å². The quantitative estimate of drug-likeness (QED) is 0.738. The molecule has 1 aliphatic carbocycles. The first-order valence-corrected chi connectivity index (χ1v) is 12.0. The van der Waals surface area contributed by atoms with Crippen LogP contribution >= 0.6 is 0 Å². The molecule has 3 aliphatic rings. The molecule has 3 heterocycles. The van der Waals surface area contributed by atoms with Crippen molar-refractivity contribution in [3.63, 3.8) is 0 Å². The smallest absolute Gasteiger partial charge is 0.262 e. The summed E-state index contributed by atoms with van der Waals surface area (Å²) in [5.41, 5.74) is 2.31. The lowest BCUT2D eigenvalue weighted by Crippen LogP contribution is -2.40. The molecule has 2 fully saturated rings. The topological polar surface area (TPSA) is 70.8 Å². The first-order valence-electron chi connectivity index (χ1n) is 10.6. The monoisotopic (exact) mass is 425 g/mol. The van der Waals surface area contributed by atoms with Gasteiger partial charge in [-0.25, -0.2) is 13.4 Å². The van der Waals surface area contributed by atoms with E-state index in [9.17, 15) is 8.42 Å². The first kappa shape index (κ1) is 19.5. The Hall–Kier alpha value is -2.45. The minimum Gasteiger partial charge on any atom is -0.366 e. The van der Waals surface area contributed by atoms with Crippen molar-refractivity contribution in [3.8, 4) is 0 Å². The van der Waals surface area contributed by atoms with E-state index in [0.29, 0.717) is 25.6 Å². The fourth-order valence-corrected chi connectivity index (χ4v) is 6.06. The SMILES string of the molecule is Cn1cnc(S(=O)(=O)N2C[C@H](c3ccccc3)[C@@H](N3C=C(C4CCC4)N=CC3)C2)c1. The molecule has 1 saturated heterocycles. The number of aromatic nitrogens is 2. The van der Waals surface area contributed by atoms with Crippen molar-refractivity contribution < 1.29 is 8.42 Å².